The highest BCUT2D eigenvalue weighted by atomic mass is 28.2. The zero-order chi connectivity index (χ0) is 5.11. The molecule has 0 unspecified atom stereocenters. The van der Waals surface area contributed by atoms with Crippen LogP contribution in [0.15, 0.2) is 24.0 Å². The largest absolute Gasteiger partial charge is 0.306 e. The molecule has 1 aromatic rings. The number of hydrogen-bond donors (Lipinski definition) is 0. The van der Waals surface area contributed by atoms with Crippen LogP contribution < -0.4 is 0 Å². The molecule has 0 radical (unpaired) electrons. The Morgan fingerprint density at radius 1 is 1.43 bits per heavy atom. The number of nitrogens with zero attached hydrogens (tertiary/aromatic N) is 1. The van der Waals surface area contributed by atoms with E-state index in [4.69, 9.17) is 0 Å². The van der Waals surface area contributed by atoms with E-state index < -0.39 is 8.57 Å². The van der Waals surface area contributed by atoms with Crippen molar-refractivity contribution in [3.8, 4) is 0 Å². The van der Waals surface area contributed by atoms with Gasteiger partial charge in [0.15, 0.2) is 8.57 Å². The summed E-state index contributed by atoms with van der Waals surface area (Å²) in [6.45, 7) is 2.16. The van der Waals surface area contributed by atoms with Crippen molar-refractivity contribution in [1.82, 2.24) is 4.64 Å². The summed E-state index contributed by atoms with van der Waals surface area (Å²) in [7, 11) is -0.435. The molecule has 0 aromatic carbocycles. The molecule has 0 aliphatic rings. The van der Waals surface area contributed by atoms with Gasteiger partial charge >= 0.3 is 0 Å². The van der Waals surface area contributed by atoms with Crippen LogP contribution in [0.5, 0.6) is 0 Å². The molecule has 0 fully saturated rings. The molecule has 0 spiro atoms. The summed E-state index contributed by atoms with van der Waals surface area (Å²) in [5, 5.41) is 0. The van der Waals surface area contributed by atoms with Crippen LogP contribution in [0.1, 0.15) is 0 Å². The fourth-order valence-electron chi connectivity index (χ4n) is 0.448. The Morgan fingerprint density at radius 2 is 2.29 bits per heavy atom. The maximum Gasteiger partial charge on any atom is 0.152 e. The molecule has 1 aromatic heterocycles. The standard InChI is InChI=1S/C5H7NSi/c1-7-5-3-2-4-6-7/h2-5H,1H3. The lowest BCUT2D eigenvalue weighted by Gasteiger charge is -1.80. The van der Waals surface area contributed by atoms with Crippen LogP contribution in [0, 0.1) is 0 Å². The van der Waals surface area contributed by atoms with Gasteiger partial charge in [-0.2, -0.15) is 0 Å². The second kappa shape index (κ2) is 1.98. The molecule has 0 bridgehead atoms. The summed E-state index contributed by atoms with van der Waals surface area (Å²) in [5.74, 6) is 0. The third-order valence-corrected chi connectivity index (χ3v) is 2.04. The van der Waals surface area contributed by atoms with Crippen LogP contribution in [0.25, 0.3) is 0 Å². The minimum absolute atomic E-state index is 0.435. The summed E-state index contributed by atoms with van der Waals surface area (Å²) in [6.07, 6.45) is 1.87. The van der Waals surface area contributed by atoms with Gasteiger partial charge in [0.05, 0.1) is 0 Å². The molecule has 1 rings (SSSR count). The summed E-state index contributed by atoms with van der Waals surface area (Å²) in [6, 6.07) is 4.01. The zero-order valence-electron chi connectivity index (χ0n) is 4.26. The van der Waals surface area contributed by atoms with Crippen LogP contribution in [0.4, 0.5) is 0 Å². The van der Waals surface area contributed by atoms with Crippen molar-refractivity contribution in [1.29, 1.82) is 0 Å². The highest BCUT2D eigenvalue weighted by Gasteiger charge is 1.76. The molecule has 0 saturated heterocycles. The minimum Gasteiger partial charge on any atom is -0.306 e. The van der Waals surface area contributed by atoms with Gasteiger partial charge < -0.3 is 4.64 Å². The first-order chi connectivity index (χ1) is 3.39. The molecule has 7 heavy (non-hydrogen) atoms. The van der Waals surface area contributed by atoms with E-state index >= 15 is 0 Å². The van der Waals surface area contributed by atoms with E-state index in [0.717, 1.165) is 0 Å². The summed E-state index contributed by atoms with van der Waals surface area (Å²) in [5.41, 5.74) is 2.16. The van der Waals surface area contributed by atoms with Crippen LogP contribution in [0.2, 0.25) is 0 Å². The SMILES string of the molecule is C[si]1ccccn1. The zero-order valence-corrected chi connectivity index (χ0v) is 5.26. The topological polar surface area (TPSA) is 12.9 Å². The van der Waals surface area contributed by atoms with Crippen molar-refractivity contribution >= 4 is 8.57 Å². The first kappa shape index (κ1) is 4.65. The molecule has 36 valence electrons. The first-order valence-corrected chi connectivity index (χ1v) is 4.30. The van der Waals surface area contributed by atoms with Crippen molar-refractivity contribution in [3.05, 3.63) is 24.0 Å². The molecule has 0 aliphatic heterocycles. The average Bonchev–Trinajstić information content (AvgIpc) is 1.69. The van der Waals surface area contributed by atoms with Crippen LogP contribution in [-0.4, -0.2) is 13.2 Å². The van der Waals surface area contributed by atoms with Gasteiger partial charge in [0.25, 0.3) is 0 Å². The molecule has 1 heterocycles. The van der Waals surface area contributed by atoms with Crippen LogP contribution in [0.3, 0.4) is 0 Å². The van der Waals surface area contributed by atoms with Crippen molar-refractivity contribution < 1.29 is 0 Å². The predicted molar refractivity (Wildman–Crippen MR) is 31.2 cm³/mol. The van der Waals surface area contributed by atoms with E-state index in [0.29, 0.717) is 0 Å². The number of aryl methyl sites for hydroxylation is 1. The molecule has 2 heteroatoms. The van der Waals surface area contributed by atoms with Crippen LogP contribution in [-0.2, 0) is 6.55 Å². The van der Waals surface area contributed by atoms with Crippen LogP contribution >= 0.6 is 0 Å². The Morgan fingerprint density at radius 3 is 2.57 bits per heavy atom. The molecule has 0 aliphatic carbocycles. The highest BCUT2D eigenvalue weighted by Crippen LogP contribution is 1.73. The van der Waals surface area contributed by atoms with E-state index in [9.17, 15) is 0 Å². The van der Waals surface area contributed by atoms with Crippen molar-refractivity contribution in [3.63, 3.8) is 0 Å². The monoisotopic (exact) mass is 109 g/mol. The van der Waals surface area contributed by atoms with Gasteiger partial charge in [0.2, 0.25) is 0 Å². The van der Waals surface area contributed by atoms with Gasteiger partial charge in [-0.15, -0.1) is 0 Å². The Labute approximate surface area is 44.6 Å². The average molecular weight is 109 g/mol. The van der Waals surface area contributed by atoms with E-state index in [1.807, 2.05) is 12.3 Å². The lowest BCUT2D eigenvalue weighted by atomic mass is 10.7. The molecular weight excluding hydrogens is 102 g/mol. The normalized spacial score (nSPS) is 8.71. The second-order valence-electron chi connectivity index (χ2n) is 1.47. The lowest BCUT2D eigenvalue weighted by Crippen LogP contribution is -1.93. The molecule has 0 saturated carbocycles. The van der Waals surface area contributed by atoms with Gasteiger partial charge in [-0.05, 0) is 12.6 Å². The molecule has 0 N–H and O–H groups in total. The Hall–Kier alpha value is -0.503. The number of rotatable bonds is 0. The molecule has 0 amide bonds. The summed E-state index contributed by atoms with van der Waals surface area (Å²) < 4.78 is 4.16. The second-order valence-corrected chi connectivity index (χ2v) is 3.35. The third kappa shape index (κ3) is 1.20. The van der Waals surface area contributed by atoms with Gasteiger partial charge in [-0.1, -0.05) is 11.7 Å². The Balaban J connectivity index is 3.02. The highest BCUT2D eigenvalue weighted by molar-refractivity contribution is 6.41. The van der Waals surface area contributed by atoms with Crippen molar-refractivity contribution in [2.75, 3.05) is 0 Å². The van der Waals surface area contributed by atoms with Crippen molar-refractivity contribution in [2.45, 2.75) is 0 Å². The van der Waals surface area contributed by atoms with Crippen molar-refractivity contribution in [2.24, 2.45) is 6.55 Å². The van der Waals surface area contributed by atoms with E-state index in [1.54, 1.807) is 0 Å². The van der Waals surface area contributed by atoms with Gasteiger partial charge in [0.1, 0.15) is 0 Å². The summed E-state index contributed by atoms with van der Waals surface area (Å²) in [4.78, 5) is 0. The Bertz CT molecular complexity index is 138. The quantitative estimate of drug-likeness (QED) is 0.446. The summed E-state index contributed by atoms with van der Waals surface area (Å²) >= 11 is 0. The number of aromatic nitrogens is 1. The van der Waals surface area contributed by atoms with Gasteiger partial charge in [-0.3, -0.25) is 0 Å². The molecule has 0 atom stereocenters. The maximum atomic E-state index is 4.16. The fraction of sp³-hybridized carbons (Fsp3) is 0.200. The Kier molecular flexibility index (Phi) is 1.31. The van der Waals surface area contributed by atoms with E-state index in [2.05, 4.69) is 22.9 Å². The van der Waals surface area contributed by atoms with E-state index in [1.165, 1.54) is 0 Å². The molecular formula is C5H7NSi. The minimum atomic E-state index is -0.435. The van der Waals surface area contributed by atoms with E-state index in [-0.39, 0.29) is 0 Å². The fourth-order valence-corrected chi connectivity index (χ4v) is 1.25. The smallest absolute Gasteiger partial charge is 0.152 e. The maximum absolute atomic E-state index is 4.16. The third-order valence-electron chi connectivity index (χ3n) is 0.813. The predicted octanol–water partition coefficient (Wildman–Crippen LogP) is 0.644. The molecule has 1 nitrogen and oxygen atoms in total. The lowest BCUT2D eigenvalue weighted by molar-refractivity contribution is 1.46. The number of hydrogen-bond acceptors (Lipinski definition) is 1. The van der Waals surface area contributed by atoms with Gasteiger partial charge in [-0.25, -0.2) is 0 Å². The first-order valence-electron chi connectivity index (χ1n) is 2.27. The van der Waals surface area contributed by atoms with Gasteiger partial charge in [0, 0.05) is 6.20 Å².